The van der Waals surface area contributed by atoms with Crippen LogP contribution in [0.2, 0.25) is 0 Å². The predicted octanol–water partition coefficient (Wildman–Crippen LogP) is 1.45. The van der Waals surface area contributed by atoms with Crippen LogP contribution in [0.15, 0.2) is 36.5 Å². The number of ether oxygens (including phenoxy) is 1. The number of amides is 2. The zero-order valence-electron chi connectivity index (χ0n) is 15.3. The van der Waals surface area contributed by atoms with Crippen LogP contribution in [0.3, 0.4) is 0 Å². The van der Waals surface area contributed by atoms with Gasteiger partial charge < -0.3 is 15.4 Å². The van der Waals surface area contributed by atoms with Crippen molar-refractivity contribution in [1.82, 2.24) is 25.6 Å². The normalized spacial score (nSPS) is 11.8. The molecule has 140 valence electrons. The highest BCUT2D eigenvalue weighted by Crippen LogP contribution is 2.11. The van der Waals surface area contributed by atoms with Crippen molar-refractivity contribution in [2.24, 2.45) is 0 Å². The van der Waals surface area contributed by atoms with E-state index < -0.39 is 6.04 Å². The number of benzene rings is 1. The highest BCUT2D eigenvalue weighted by molar-refractivity contribution is 5.81. The number of nitrogens with one attached hydrogen (secondary N) is 2. The van der Waals surface area contributed by atoms with Crippen LogP contribution in [0.25, 0.3) is 0 Å². The topological polar surface area (TPSA) is 98.1 Å². The van der Waals surface area contributed by atoms with Crippen molar-refractivity contribution in [3.05, 3.63) is 42.2 Å². The number of para-hydroxylation sites is 1. The summed E-state index contributed by atoms with van der Waals surface area (Å²) in [5, 5.41) is 13.5. The highest BCUT2D eigenvalue weighted by Gasteiger charge is 2.17. The summed E-state index contributed by atoms with van der Waals surface area (Å²) in [5.41, 5.74) is 0.629. The number of carbonyl (C=O) groups excluding carboxylic acids is 2. The maximum atomic E-state index is 12.2. The van der Waals surface area contributed by atoms with Crippen molar-refractivity contribution >= 4 is 11.8 Å². The lowest BCUT2D eigenvalue weighted by atomic mass is 10.3. The maximum Gasteiger partial charge on any atom is 0.244 e. The van der Waals surface area contributed by atoms with E-state index in [0.29, 0.717) is 5.69 Å². The minimum atomic E-state index is -0.527. The summed E-state index contributed by atoms with van der Waals surface area (Å²) >= 11 is 0. The van der Waals surface area contributed by atoms with Gasteiger partial charge in [0.05, 0.1) is 6.20 Å². The Kier molecular flexibility index (Phi) is 7.13. The third-order valence-corrected chi connectivity index (χ3v) is 3.56. The lowest BCUT2D eigenvalue weighted by Crippen LogP contribution is -2.36. The average Bonchev–Trinajstić information content (AvgIpc) is 3.08. The zero-order chi connectivity index (χ0) is 18.9. The van der Waals surface area contributed by atoms with Gasteiger partial charge in [0.2, 0.25) is 11.8 Å². The summed E-state index contributed by atoms with van der Waals surface area (Å²) in [6.45, 7) is 6.05. The molecular weight excluding hydrogens is 334 g/mol. The average molecular weight is 359 g/mol. The van der Waals surface area contributed by atoms with Crippen molar-refractivity contribution in [1.29, 1.82) is 0 Å². The van der Waals surface area contributed by atoms with E-state index in [1.165, 1.54) is 4.68 Å². The molecule has 0 bridgehead atoms. The number of carbonyl (C=O) groups is 2. The van der Waals surface area contributed by atoms with Gasteiger partial charge in [0.25, 0.3) is 0 Å². The smallest absolute Gasteiger partial charge is 0.244 e. The standard InChI is InChI=1S/C18H25N5O3/c1-13(2)20-17(24)9-10-19-18(25)14(3)23-11-15(21-22-23)12-26-16-7-5-4-6-8-16/h4-8,11,13-14H,9-10,12H2,1-3H3,(H,19,25)(H,20,24)/t14-/m1/s1. The van der Waals surface area contributed by atoms with Crippen molar-refractivity contribution in [3.8, 4) is 5.75 Å². The largest absolute Gasteiger partial charge is 0.487 e. The van der Waals surface area contributed by atoms with Gasteiger partial charge in [-0.1, -0.05) is 23.4 Å². The Morgan fingerprint density at radius 2 is 1.92 bits per heavy atom. The Balaban J connectivity index is 1.78. The van der Waals surface area contributed by atoms with E-state index in [-0.39, 0.29) is 37.4 Å². The Bertz CT molecular complexity index is 715. The van der Waals surface area contributed by atoms with Crippen LogP contribution in [0.5, 0.6) is 5.75 Å². The van der Waals surface area contributed by atoms with E-state index in [2.05, 4.69) is 20.9 Å². The molecule has 0 aliphatic carbocycles. The lowest BCUT2D eigenvalue weighted by molar-refractivity contribution is -0.124. The molecule has 8 heteroatoms. The first-order valence-corrected chi connectivity index (χ1v) is 8.61. The zero-order valence-corrected chi connectivity index (χ0v) is 15.3. The molecule has 2 rings (SSSR count). The Morgan fingerprint density at radius 1 is 1.19 bits per heavy atom. The number of nitrogens with zero attached hydrogens (tertiary/aromatic N) is 3. The van der Waals surface area contributed by atoms with Crippen molar-refractivity contribution in [2.45, 2.75) is 45.9 Å². The summed E-state index contributed by atoms with van der Waals surface area (Å²) in [4.78, 5) is 23.7. The summed E-state index contributed by atoms with van der Waals surface area (Å²) in [7, 11) is 0. The van der Waals surface area contributed by atoms with Gasteiger partial charge in [-0.2, -0.15) is 0 Å². The molecule has 2 N–H and O–H groups in total. The van der Waals surface area contributed by atoms with Gasteiger partial charge in [-0.3, -0.25) is 9.59 Å². The first kappa shape index (κ1) is 19.4. The third-order valence-electron chi connectivity index (χ3n) is 3.56. The van der Waals surface area contributed by atoms with Gasteiger partial charge in [-0.15, -0.1) is 5.10 Å². The van der Waals surface area contributed by atoms with Crippen LogP contribution in [0.4, 0.5) is 0 Å². The van der Waals surface area contributed by atoms with Gasteiger partial charge >= 0.3 is 0 Å². The number of hydrogen-bond donors (Lipinski definition) is 2. The summed E-state index contributed by atoms with van der Waals surface area (Å²) < 4.78 is 7.09. The lowest BCUT2D eigenvalue weighted by Gasteiger charge is -2.12. The van der Waals surface area contributed by atoms with E-state index in [0.717, 1.165) is 5.75 Å². The van der Waals surface area contributed by atoms with E-state index in [1.807, 2.05) is 44.2 Å². The molecule has 0 unspecified atom stereocenters. The SMILES string of the molecule is CC(C)NC(=O)CCNC(=O)[C@@H](C)n1cc(COc2ccccc2)nn1. The molecule has 0 saturated heterocycles. The molecule has 2 aromatic rings. The van der Waals surface area contributed by atoms with E-state index in [4.69, 9.17) is 4.74 Å². The molecule has 8 nitrogen and oxygen atoms in total. The van der Waals surface area contributed by atoms with Crippen molar-refractivity contribution < 1.29 is 14.3 Å². The molecular formula is C18H25N5O3. The fraction of sp³-hybridized carbons (Fsp3) is 0.444. The highest BCUT2D eigenvalue weighted by atomic mass is 16.5. The van der Waals surface area contributed by atoms with Crippen LogP contribution >= 0.6 is 0 Å². The number of aromatic nitrogens is 3. The Hall–Kier alpha value is -2.90. The maximum absolute atomic E-state index is 12.2. The second kappa shape index (κ2) is 9.55. The molecule has 0 fully saturated rings. The molecule has 0 saturated carbocycles. The Labute approximate surface area is 152 Å². The fourth-order valence-corrected chi connectivity index (χ4v) is 2.20. The Morgan fingerprint density at radius 3 is 2.62 bits per heavy atom. The molecule has 0 aliphatic heterocycles. The predicted molar refractivity (Wildman–Crippen MR) is 96.4 cm³/mol. The number of hydrogen-bond acceptors (Lipinski definition) is 5. The van der Waals surface area contributed by atoms with Crippen LogP contribution in [-0.4, -0.2) is 39.4 Å². The first-order valence-electron chi connectivity index (χ1n) is 8.61. The molecule has 1 heterocycles. The van der Waals surface area contributed by atoms with Crippen LogP contribution in [0.1, 0.15) is 38.9 Å². The van der Waals surface area contributed by atoms with Crippen LogP contribution in [0, 0.1) is 0 Å². The number of rotatable bonds is 9. The third kappa shape index (κ3) is 6.19. The molecule has 0 aliphatic rings. The molecule has 2 amide bonds. The minimum absolute atomic E-state index is 0.0869. The van der Waals surface area contributed by atoms with E-state index in [9.17, 15) is 9.59 Å². The van der Waals surface area contributed by atoms with Gasteiger partial charge in [0, 0.05) is 19.0 Å². The van der Waals surface area contributed by atoms with Gasteiger partial charge in [-0.05, 0) is 32.9 Å². The van der Waals surface area contributed by atoms with Gasteiger partial charge in [0.15, 0.2) is 0 Å². The van der Waals surface area contributed by atoms with E-state index >= 15 is 0 Å². The van der Waals surface area contributed by atoms with Crippen molar-refractivity contribution in [2.75, 3.05) is 6.54 Å². The molecule has 1 aromatic carbocycles. The van der Waals surface area contributed by atoms with Gasteiger partial charge in [-0.25, -0.2) is 4.68 Å². The van der Waals surface area contributed by atoms with Gasteiger partial charge in [0.1, 0.15) is 24.1 Å². The van der Waals surface area contributed by atoms with Crippen LogP contribution in [-0.2, 0) is 16.2 Å². The van der Waals surface area contributed by atoms with Crippen LogP contribution < -0.4 is 15.4 Å². The molecule has 1 atom stereocenters. The first-order chi connectivity index (χ1) is 12.5. The summed E-state index contributed by atoms with van der Waals surface area (Å²) in [5.74, 6) is 0.435. The molecule has 1 aromatic heterocycles. The summed E-state index contributed by atoms with van der Waals surface area (Å²) in [6.07, 6.45) is 1.92. The monoisotopic (exact) mass is 359 g/mol. The fourth-order valence-electron chi connectivity index (χ4n) is 2.20. The second-order valence-electron chi connectivity index (χ2n) is 6.23. The quantitative estimate of drug-likeness (QED) is 0.706. The minimum Gasteiger partial charge on any atom is -0.487 e. The van der Waals surface area contributed by atoms with E-state index in [1.54, 1.807) is 13.1 Å². The molecule has 26 heavy (non-hydrogen) atoms. The molecule has 0 radical (unpaired) electrons. The summed E-state index contributed by atoms with van der Waals surface area (Å²) in [6, 6.07) is 8.96. The molecule has 0 spiro atoms. The van der Waals surface area contributed by atoms with Crippen molar-refractivity contribution in [3.63, 3.8) is 0 Å². The second-order valence-corrected chi connectivity index (χ2v) is 6.23.